The van der Waals surface area contributed by atoms with E-state index in [1.54, 1.807) is 6.07 Å². The Labute approximate surface area is 277 Å². The van der Waals surface area contributed by atoms with Crippen LogP contribution in [-0.2, 0) is 30.7 Å². The molecule has 3 aliphatic heterocycles. The van der Waals surface area contributed by atoms with Crippen LogP contribution >= 0.6 is 22.6 Å². The number of nitrogens with one attached hydrogen (secondary N) is 1. The number of benzene rings is 2. The van der Waals surface area contributed by atoms with Crippen molar-refractivity contribution in [1.82, 2.24) is 9.62 Å². The molecule has 12 nitrogen and oxygen atoms in total. The zero-order valence-electron chi connectivity index (χ0n) is 25.4. The number of carbonyl (C=O) groups excluding carboxylic acids is 1. The summed E-state index contributed by atoms with van der Waals surface area (Å²) in [5, 5.41) is 14.4. The molecule has 2 aromatic carbocycles. The highest BCUT2D eigenvalue weighted by Gasteiger charge is 2.44. The predicted molar refractivity (Wildman–Crippen MR) is 172 cm³/mol. The summed E-state index contributed by atoms with van der Waals surface area (Å²) in [6, 6.07) is 11.0. The van der Waals surface area contributed by atoms with E-state index < -0.39 is 34.4 Å². The van der Waals surface area contributed by atoms with Gasteiger partial charge in [0.2, 0.25) is 16.8 Å². The first-order valence-electron chi connectivity index (χ1n) is 15.2. The number of hydrogen-bond donors (Lipinski definition) is 2. The Kier molecular flexibility index (Phi) is 11.7. The first kappa shape index (κ1) is 34.0. The third kappa shape index (κ3) is 8.71. The molecule has 2 N–H and O–H groups in total. The molecule has 0 saturated carbocycles. The van der Waals surface area contributed by atoms with Crippen LogP contribution in [0.3, 0.4) is 0 Å². The van der Waals surface area contributed by atoms with E-state index in [-0.39, 0.29) is 55.9 Å². The number of halogens is 1. The lowest BCUT2D eigenvalue weighted by atomic mass is 10.0. The maximum Gasteiger partial charge on any atom is 0.407 e. The quantitative estimate of drug-likeness (QED) is 0.157. The van der Waals surface area contributed by atoms with Crippen LogP contribution in [0.2, 0.25) is 0 Å². The Morgan fingerprint density at radius 2 is 1.89 bits per heavy atom. The molecule has 14 heteroatoms. The van der Waals surface area contributed by atoms with E-state index in [1.807, 2.05) is 38.1 Å². The highest BCUT2D eigenvalue weighted by molar-refractivity contribution is 14.1. The van der Waals surface area contributed by atoms with Crippen molar-refractivity contribution in [2.75, 3.05) is 44.1 Å². The third-order valence-electron chi connectivity index (χ3n) is 7.88. The number of hydrogen-bond acceptors (Lipinski definition) is 10. The molecule has 3 aliphatic rings. The second kappa shape index (κ2) is 15.5. The minimum atomic E-state index is -4.05. The number of fused-ring (bicyclic) bond motifs is 2. The monoisotopic (exact) mass is 760 g/mol. The fourth-order valence-electron chi connectivity index (χ4n) is 5.57. The predicted octanol–water partition coefficient (Wildman–Crippen LogP) is 3.73. The zero-order chi connectivity index (χ0) is 32.0. The van der Waals surface area contributed by atoms with Crippen molar-refractivity contribution in [3.63, 3.8) is 0 Å². The average Bonchev–Trinajstić information content (AvgIpc) is 3.76. The van der Waals surface area contributed by atoms with Gasteiger partial charge in [0.05, 0.1) is 42.8 Å². The summed E-state index contributed by atoms with van der Waals surface area (Å²) in [5.41, 5.74) is 0.822. The number of aliphatic hydroxyl groups excluding tert-OH is 1. The molecule has 1 amide bonds. The molecule has 5 rings (SSSR count). The summed E-state index contributed by atoms with van der Waals surface area (Å²) in [5.74, 6) is 1.45. The van der Waals surface area contributed by atoms with Gasteiger partial charge in [-0.25, -0.2) is 13.2 Å². The van der Waals surface area contributed by atoms with Gasteiger partial charge in [0.15, 0.2) is 17.8 Å². The summed E-state index contributed by atoms with van der Waals surface area (Å²) in [6.07, 6.45) is -0.964. The normalized spacial score (nSPS) is 22.0. The molecule has 0 aromatic heterocycles. The van der Waals surface area contributed by atoms with Crippen LogP contribution in [0.15, 0.2) is 47.4 Å². The number of carbonyl (C=O) groups is 1. The van der Waals surface area contributed by atoms with E-state index in [2.05, 4.69) is 27.9 Å². The van der Waals surface area contributed by atoms with Gasteiger partial charge in [-0.15, -0.1) is 0 Å². The van der Waals surface area contributed by atoms with Crippen molar-refractivity contribution in [2.45, 2.75) is 62.5 Å². The molecule has 5 unspecified atom stereocenters. The minimum absolute atomic E-state index is 0.0175. The van der Waals surface area contributed by atoms with Gasteiger partial charge in [-0.3, -0.25) is 0 Å². The van der Waals surface area contributed by atoms with E-state index in [4.69, 9.17) is 28.4 Å². The molecule has 45 heavy (non-hydrogen) atoms. The maximum atomic E-state index is 13.9. The van der Waals surface area contributed by atoms with Gasteiger partial charge in [-0.1, -0.05) is 48.6 Å². The van der Waals surface area contributed by atoms with Gasteiger partial charge in [-0.05, 0) is 55.0 Å². The van der Waals surface area contributed by atoms with Crippen molar-refractivity contribution in [3.05, 3.63) is 48.0 Å². The smallest absolute Gasteiger partial charge is 0.407 e. The van der Waals surface area contributed by atoms with E-state index >= 15 is 0 Å². The fraction of sp³-hybridized carbons (Fsp3) is 0.581. The largest absolute Gasteiger partial charge is 0.494 e. The Balaban J connectivity index is 1.33. The van der Waals surface area contributed by atoms with Crippen molar-refractivity contribution in [2.24, 2.45) is 11.8 Å². The molecular formula is C31H41IN2O10S. The number of alkyl halides is 1. The summed E-state index contributed by atoms with van der Waals surface area (Å²) < 4.78 is 63.3. The molecule has 248 valence electrons. The molecule has 0 bridgehead atoms. The minimum Gasteiger partial charge on any atom is -0.494 e. The molecular weight excluding hydrogens is 719 g/mol. The van der Waals surface area contributed by atoms with E-state index in [9.17, 15) is 18.3 Å². The number of rotatable bonds is 15. The maximum absolute atomic E-state index is 13.9. The summed E-state index contributed by atoms with van der Waals surface area (Å²) in [7, 11) is -4.05. The number of nitrogens with zero attached hydrogens (tertiary/aromatic N) is 1. The Hall–Kier alpha value is -2.37. The average molecular weight is 761 g/mol. The second-order valence-corrected chi connectivity index (χ2v) is 14.8. The van der Waals surface area contributed by atoms with Crippen LogP contribution in [0.4, 0.5) is 4.79 Å². The van der Waals surface area contributed by atoms with Crippen LogP contribution in [0.1, 0.15) is 32.3 Å². The molecule has 3 heterocycles. The topological polar surface area (TPSA) is 142 Å². The van der Waals surface area contributed by atoms with Crippen molar-refractivity contribution in [1.29, 1.82) is 0 Å². The molecule has 0 radical (unpaired) electrons. The zero-order valence-corrected chi connectivity index (χ0v) is 28.4. The Morgan fingerprint density at radius 3 is 2.64 bits per heavy atom. The van der Waals surface area contributed by atoms with Crippen molar-refractivity contribution < 1.29 is 46.7 Å². The van der Waals surface area contributed by atoms with Crippen LogP contribution in [0.5, 0.6) is 17.2 Å². The highest BCUT2D eigenvalue weighted by Crippen LogP contribution is 2.35. The van der Waals surface area contributed by atoms with Crippen LogP contribution in [0.25, 0.3) is 0 Å². The van der Waals surface area contributed by atoms with Crippen LogP contribution in [0, 0.1) is 11.8 Å². The number of sulfonamides is 1. The number of alkyl carbamates (subject to hydrolysis) is 1. The van der Waals surface area contributed by atoms with Crippen molar-refractivity contribution >= 4 is 38.7 Å². The summed E-state index contributed by atoms with van der Waals surface area (Å²) in [4.78, 5) is 13.2. The SMILES string of the molecule is CC(C)CN(CC(O)C(Cc1ccc(OCCCI)cc1)NC(=O)OC1COC2OCCC12)S(=O)(=O)c1ccc2c(c1)OCO2. The van der Waals surface area contributed by atoms with Crippen LogP contribution < -0.4 is 19.5 Å². The molecule has 0 spiro atoms. The van der Waals surface area contributed by atoms with Gasteiger partial charge in [0.1, 0.15) is 11.9 Å². The molecule has 0 aliphatic carbocycles. The highest BCUT2D eigenvalue weighted by atomic mass is 127. The van der Waals surface area contributed by atoms with E-state index in [1.165, 1.54) is 16.4 Å². The molecule has 2 aromatic rings. The van der Waals surface area contributed by atoms with Crippen molar-refractivity contribution in [3.8, 4) is 17.2 Å². The Morgan fingerprint density at radius 1 is 1.11 bits per heavy atom. The van der Waals surface area contributed by atoms with Gasteiger partial charge in [-0.2, -0.15) is 4.31 Å². The van der Waals surface area contributed by atoms with Gasteiger partial charge in [0.25, 0.3) is 0 Å². The number of aliphatic hydroxyl groups is 1. The fourth-order valence-corrected chi connectivity index (χ4v) is 7.52. The standard InChI is InChI=1S/C31H41IN2O10S/c1-20(2)16-34(45(37,38)23-8-9-27-28(15-23)43-19-42-27)17-26(35)25(14-21-4-6-22(7-5-21)39-12-3-11-32)33-31(36)44-29-18-41-30-24(29)10-13-40-30/h4-9,15,20,24-26,29-30,35H,3,10-14,16-19H2,1-2H3,(H,33,36). The Bertz CT molecular complexity index is 1390. The van der Waals surface area contributed by atoms with Gasteiger partial charge >= 0.3 is 6.09 Å². The summed E-state index contributed by atoms with van der Waals surface area (Å²) >= 11 is 2.30. The number of ether oxygens (including phenoxy) is 6. The molecule has 2 saturated heterocycles. The van der Waals surface area contributed by atoms with Crippen LogP contribution in [-0.4, -0.2) is 92.6 Å². The summed E-state index contributed by atoms with van der Waals surface area (Å²) in [6.45, 7) is 5.08. The third-order valence-corrected chi connectivity index (χ3v) is 10.5. The molecule has 2 fully saturated rings. The number of amides is 1. The lowest BCUT2D eigenvalue weighted by Gasteiger charge is -2.31. The second-order valence-electron chi connectivity index (χ2n) is 11.8. The first-order chi connectivity index (χ1) is 21.6. The van der Waals surface area contributed by atoms with E-state index in [0.717, 1.165) is 28.6 Å². The first-order valence-corrected chi connectivity index (χ1v) is 18.2. The van der Waals surface area contributed by atoms with E-state index in [0.29, 0.717) is 24.7 Å². The van der Waals surface area contributed by atoms with Gasteiger partial charge < -0.3 is 38.8 Å². The van der Waals surface area contributed by atoms with Gasteiger partial charge in [0, 0.05) is 23.6 Å². The molecule has 5 atom stereocenters. The lowest BCUT2D eigenvalue weighted by molar-refractivity contribution is -0.0907. The lowest BCUT2D eigenvalue weighted by Crippen LogP contribution is -2.51.